The van der Waals surface area contributed by atoms with E-state index in [0.717, 1.165) is 10.0 Å². The van der Waals surface area contributed by atoms with Crippen LogP contribution in [-0.4, -0.2) is 13.1 Å². The molecule has 0 aliphatic heterocycles. The van der Waals surface area contributed by atoms with Crippen LogP contribution in [0.4, 0.5) is 0 Å². The van der Waals surface area contributed by atoms with Gasteiger partial charge in [-0.05, 0) is 30.7 Å². The monoisotopic (exact) mass is 257 g/mol. The molecule has 0 heterocycles. The summed E-state index contributed by atoms with van der Waals surface area (Å²) >= 11 is 3.33. The van der Waals surface area contributed by atoms with Crippen LogP contribution in [0.2, 0.25) is 0 Å². The Morgan fingerprint density at radius 3 is 2.71 bits per heavy atom. The van der Waals surface area contributed by atoms with E-state index in [4.69, 9.17) is 5.73 Å². The number of hydrogen-bond donors (Lipinski definition) is 1. The zero-order valence-corrected chi connectivity index (χ0v) is 9.67. The van der Waals surface area contributed by atoms with Crippen molar-refractivity contribution in [2.75, 3.05) is 7.11 Å². The zero-order valence-electron chi connectivity index (χ0n) is 8.08. The highest BCUT2D eigenvalue weighted by Crippen LogP contribution is 2.21. The SMILES string of the molecule is COC(=O)c1ccc(Br)cc1C(C)N. The van der Waals surface area contributed by atoms with Gasteiger partial charge in [-0.3, -0.25) is 0 Å². The van der Waals surface area contributed by atoms with Crippen molar-refractivity contribution in [1.82, 2.24) is 0 Å². The topological polar surface area (TPSA) is 52.3 Å². The smallest absolute Gasteiger partial charge is 0.338 e. The lowest BCUT2D eigenvalue weighted by Crippen LogP contribution is -2.12. The van der Waals surface area contributed by atoms with E-state index in [0.29, 0.717) is 5.56 Å². The van der Waals surface area contributed by atoms with Crippen molar-refractivity contribution in [2.24, 2.45) is 5.73 Å². The maximum absolute atomic E-state index is 11.4. The molecule has 0 aliphatic carbocycles. The average Bonchev–Trinajstić information content (AvgIpc) is 2.16. The molecule has 2 N–H and O–H groups in total. The Morgan fingerprint density at radius 2 is 2.21 bits per heavy atom. The number of hydrogen-bond acceptors (Lipinski definition) is 3. The quantitative estimate of drug-likeness (QED) is 0.828. The third kappa shape index (κ3) is 2.33. The number of carbonyl (C=O) groups is 1. The van der Waals surface area contributed by atoms with Crippen LogP contribution < -0.4 is 5.73 Å². The lowest BCUT2D eigenvalue weighted by molar-refractivity contribution is 0.0599. The Hall–Kier alpha value is -0.870. The van der Waals surface area contributed by atoms with Crippen molar-refractivity contribution in [3.63, 3.8) is 0 Å². The lowest BCUT2D eigenvalue weighted by atomic mass is 10.0. The van der Waals surface area contributed by atoms with Crippen LogP contribution in [0.3, 0.4) is 0 Å². The van der Waals surface area contributed by atoms with Gasteiger partial charge < -0.3 is 10.5 Å². The number of methoxy groups -OCH3 is 1. The lowest BCUT2D eigenvalue weighted by Gasteiger charge is -2.11. The van der Waals surface area contributed by atoms with E-state index in [1.165, 1.54) is 7.11 Å². The molecule has 0 aliphatic rings. The van der Waals surface area contributed by atoms with Gasteiger partial charge in [0.25, 0.3) is 0 Å². The van der Waals surface area contributed by atoms with Crippen LogP contribution in [0, 0.1) is 0 Å². The summed E-state index contributed by atoms with van der Waals surface area (Å²) < 4.78 is 5.56. The summed E-state index contributed by atoms with van der Waals surface area (Å²) in [6, 6.07) is 5.13. The fourth-order valence-electron chi connectivity index (χ4n) is 1.21. The maximum Gasteiger partial charge on any atom is 0.338 e. The Bertz CT molecular complexity index is 350. The third-order valence-electron chi connectivity index (χ3n) is 1.91. The summed E-state index contributed by atoms with van der Waals surface area (Å²) in [6.45, 7) is 1.83. The first kappa shape index (κ1) is 11.2. The Kier molecular flexibility index (Phi) is 3.66. The van der Waals surface area contributed by atoms with E-state index in [-0.39, 0.29) is 12.0 Å². The fraction of sp³-hybridized carbons (Fsp3) is 0.300. The van der Waals surface area contributed by atoms with Crippen LogP contribution in [0.25, 0.3) is 0 Å². The predicted molar refractivity (Wildman–Crippen MR) is 58.1 cm³/mol. The fourth-order valence-corrected chi connectivity index (χ4v) is 1.58. The highest BCUT2D eigenvalue weighted by atomic mass is 79.9. The summed E-state index contributed by atoms with van der Waals surface area (Å²) in [6.07, 6.45) is 0. The van der Waals surface area contributed by atoms with Crippen LogP contribution in [0.5, 0.6) is 0 Å². The van der Waals surface area contributed by atoms with Crippen LogP contribution in [-0.2, 0) is 4.74 Å². The van der Waals surface area contributed by atoms with Gasteiger partial charge in [0.15, 0.2) is 0 Å². The van der Waals surface area contributed by atoms with Gasteiger partial charge in [0.2, 0.25) is 0 Å². The minimum Gasteiger partial charge on any atom is -0.465 e. The van der Waals surface area contributed by atoms with Gasteiger partial charge in [0.1, 0.15) is 0 Å². The molecule has 0 aromatic heterocycles. The number of rotatable bonds is 2. The molecule has 0 amide bonds. The molecule has 0 bridgehead atoms. The number of ether oxygens (including phenoxy) is 1. The summed E-state index contributed by atoms with van der Waals surface area (Å²) in [5.41, 5.74) is 7.05. The highest BCUT2D eigenvalue weighted by Gasteiger charge is 2.14. The molecular formula is C10H12BrNO2. The third-order valence-corrected chi connectivity index (χ3v) is 2.40. The molecule has 14 heavy (non-hydrogen) atoms. The van der Waals surface area contributed by atoms with Gasteiger partial charge >= 0.3 is 5.97 Å². The first-order valence-electron chi connectivity index (χ1n) is 4.19. The molecule has 0 saturated heterocycles. The van der Waals surface area contributed by atoms with E-state index in [1.807, 2.05) is 13.0 Å². The minimum atomic E-state index is -0.357. The first-order valence-corrected chi connectivity index (χ1v) is 4.99. The van der Waals surface area contributed by atoms with Crippen molar-refractivity contribution >= 4 is 21.9 Å². The van der Waals surface area contributed by atoms with Gasteiger partial charge in [0.05, 0.1) is 12.7 Å². The molecule has 1 rings (SSSR count). The van der Waals surface area contributed by atoms with Gasteiger partial charge in [-0.1, -0.05) is 15.9 Å². The second-order valence-electron chi connectivity index (χ2n) is 3.01. The molecular weight excluding hydrogens is 246 g/mol. The molecule has 1 unspecified atom stereocenters. The van der Waals surface area contributed by atoms with Crippen LogP contribution in [0.15, 0.2) is 22.7 Å². The highest BCUT2D eigenvalue weighted by molar-refractivity contribution is 9.10. The summed E-state index contributed by atoms with van der Waals surface area (Å²) in [5.74, 6) is -0.357. The van der Waals surface area contributed by atoms with Crippen LogP contribution in [0.1, 0.15) is 28.9 Å². The van der Waals surface area contributed by atoms with E-state index >= 15 is 0 Å². The molecule has 0 radical (unpaired) electrons. The number of benzene rings is 1. The second kappa shape index (κ2) is 4.57. The predicted octanol–water partition coefficient (Wildman–Crippen LogP) is 2.26. The van der Waals surface area contributed by atoms with Crippen molar-refractivity contribution < 1.29 is 9.53 Å². The average molecular weight is 258 g/mol. The first-order chi connectivity index (χ1) is 6.56. The molecule has 1 atom stereocenters. The van der Waals surface area contributed by atoms with Crippen LogP contribution >= 0.6 is 15.9 Å². The molecule has 76 valence electrons. The van der Waals surface area contributed by atoms with Crippen molar-refractivity contribution in [3.05, 3.63) is 33.8 Å². The summed E-state index contributed by atoms with van der Waals surface area (Å²) in [4.78, 5) is 11.4. The number of halogens is 1. The number of carbonyl (C=O) groups excluding carboxylic acids is 1. The van der Waals surface area contributed by atoms with Crippen molar-refractivity contribution in [1.29, 1.82) is 0 Å². The maximum atomic E-state index is 11.4. The zero-order chi connectivity index (χ0) is 10.7. The molecule has 1 aromatic rings. The van der Waals surface area contributed by atoms with Gasteiger partial charge in [-0.25, -0.2) is 4.79 Å². The van der Waals surface area contributed by atoms with Crippen molar-refractivity contribution in [3.8, 4) is 0 Å². The number of nitrogens with two attached hydrogens (primary N) is 1. The van der Waals surface area contributed by atoms with E-state index < -0.39 is 0 Å². The Balaban J connectivity index is 3.21. The minimum absolute atomic E-state index is 0.193. The van der Waals surface area contributed by atoms with E-state index in [9.17, 15) is 4.79 Å². The van der Waals surface area contributed by atoms with E-state index in [2.05, 4.69) is 20.7 Å². The van der Waals surface area contributed by atoms with Gasteiger partial charge in [0, 0.05) is 10.5 Å². The molecule has 0 spiro atoms. The molecule has 3 nitrogen and oxygen atoms in total. The molecule has 4 heteroatoms. The molecule has 0 fully saturated rings. The standard InChI is InChI=1S/C10H12BrNO2/c1-6(12)9-5-7(11)3-4-8(9)10(13)14-2/h3-6H,12H2,1-2H3. The van der Waals surface area contributed by atoms with Gasteiger partial charge in [-0.2, -0.15) is 0 Å². The second-order valence-corrected chi connectivity index (χ2v) is 3.93. The largest absolute Gasteiger partial charge is 0.465 e. The van der Waals surface area contributed by atoms with Crippen molar-refractivity contribution in [2.45, 2.75) is 13.0 Å². The summed E-state index contributed by atoms with van der Waals surface area (Å²) in [7, 11) is 1.36. The Labute approximate surface area is 91.4 Å². The molecule has 1 aromatic carbocycles. The Morgan fingerprint density at radius 1 is 1.57 bits per heavy atom. The summed E-state index contributed by atoms with van der Waals surface area (Å²) in [5, 5.41) is 0. The normalized spacial score (nSPS) is 12.3. The number of esters is 1. The molecule has 0 saturated carbocycles. The van der Waals surface area contributed by atoms with E-state index in [1.54, 1.807) is 12.1 Å². The van der Waals surface area contributed by atoms with Gasteiger partial charge in [-0.15, -0.1) is 0 Å².